The highest BCUT2D eigenvalue weighted by Crippen LogP contribution is 2.55. The summed E-state index contributed by atoms with van der Waals surface area (Å²) in [6, 6.07) is 22.8. The highest BCUT2D eigenvalue weighted by Gasteiger charge is 2.56. The summed E-state index contributed by atoms with van der Waals surface area (Å²) in [4.78, 5) is 39.6. The molecule has 5 atom stereocenters. The number of benzene rings is 3. The normalized spacial score (nSPS) is 25.3. The van der Waals surface area contributed by atoms with Gasteiger partial charge in [-0.2, -0.15) is 0 Å². The van der Waals surface area contributed by atoms with E-state index in [2.05, 4.69) is 10.6 Å². The lowest BCUT2D eigenvalue weighted by Gasteiger charge is -2.60. The van der Waals surface area contributed by atoms with Gasteiger partial charge in [0.2, 0.25) is 0 Å². The molecule has 0 saturated heterocycles. The minimum absolute atomic E-state index is 0.0333. The molecule has 4 aliphatic rings. The summed E-state index contributed by atoms with van der Waals surface area (Å²) >= 11 is 6.31. The summed E-state index contributed by atoms with van der Waals surface area (Å²) in [7, 11) is 0. The molecule has 7 nitrogen and oxygen atoms in total. The lowest BCUT2D eigenvalue weighted by Crippen LogP contribution is -2.68. The molecule has 232 valence electrons. The molecule has 0 aliphatic heterocycles. The number of carbonyl (C=O) groups is 2. The molecule has 4 aliphatic carbocycles. The van der Waals surface area contributed by atoms with E-state index in [1.807, 2.05) is 71.4 Å². The number of halogens is 1. The molecule has 4 saturated carbocycles. The van der Waals surface area contributed by atoms with E-state index in [1.165, 1.54) is 13.8 Å². The van der Waals surface area contributed by atoms with Crippen molar-refractivity contribution in [3.05, 3.63) is 111 Å². The van der Waals surface area contributed by atoms with Crippen LogP contribution in [0.5, 0.6) is 0 Å². The van der Waals surface area contributed by atoms with Gasteiger partial charge in [0, 0.05) is 51.4 Å². The highest BCUT2D eigenvalue weighted by molar-refractivity contribution is 6.31. The number of aliphatic hydroxyl groups is 1. The van der Waals surface area contributed by atoms with Gasteiger partial charge in [-0.1, -0.05) is 41.9 Å². The van der Waals surface area contributed by atoms with Crippen molar-refractivity contribution in [2.45, 2.75) is 69.6 Å². The van der Waals surface area contributed by atoms with Crippen LogP contribution in [0.15, 0.2) is 83.8 Å². The fourth-order valence-electron chi connectivity index (χ4n) is 8.32. The predicted octanol–water partition coefficient (Wildman–Crippen LogP) is 5.80. The Bertz CT molecular complexity index is 1830. The second kappa shape index (κ2) is 11.1. The molecule has 4 aromatic rings. The fraction of sp³-hybridized carbons (Fsp3) is 0.378. The average Bonchev–Trinajstić information content (AvgIpc) is 3.00. The zero-order valence-electron chi connectivity index (χ0n) is 25.6. The Kier molecular flexibility index (Phi) is 7.37. The number of fused-ring (bicyclic) bond motifs is 1. The van der Waals surface area contributed by atoms with E-state index in [-0.39, 0.29) is 28.8 Å². The van der Waals surface area contributed by atoms with Crippen LogP contribution in [0, 0.1) is 17.8 Å². The van der Waals surface area contributed by atoms with Crippen LogP contribution in [0.3, 0.4) is 0 Å². The molecule has 4 bridgehead atoms. The molecular formula is C37H38ClN3O4. The maximum atomic E-state index is 13.5. The van der Waals surface area contributed by atoms with Crippen LogP contribution in [0.25, 0.3) is 16.6 Å². The van der Waals surface area contributed by atoms with Gasteiger partial charge < -0.3 is 20.3 Å². The van der Waals surface area contributed by atoms with Gasteiger partial charge in [0.05, 0.1) is 5.52 Å². The number of nitrogens with zero attached hydrogens (tertiary/aromatic N) is 1. The Labute approximate surface area is 267 Å². The van der Waals surface area contributed by atoms with Crippen LogP contribution < -0.4 is 16.1 Å². The first kappa shape index (κ1) is 29.8. The molecule has 0 radical (unpaired) electrons. The summed E-state index contributed by atoms with van der Waals surface area (Å²) in [6.45, 7) is 3.05. The fourth-order valence-corrected chi connectivity index (χ4v) is 8.48. The van der Waals surface area contributed by atoms with Crippen molar-refractivity contribution >= 4 is 34.3 Å². The molecule has 4 fully saturated rings. The molecular weight excluding hydrogens is 586 g/mol. The maximum absolute atomic E-state index is 13.5. The van der Waals surface area contributed by atoms with Crippen LogP contribution >= 0.6 is 11.6 Å². The quantitative estimate of drug-likeness (QED) is 0.242. The summed E-state index contributed by atoms with van der Waals surface area (Å²) in [5.74, 6) is 0.725. The van der Waals surface area contributed by atoms with E-state index in [4.69, 9.17) is 11.6 Å². The number of hydrogen-bond acceptors (Lipinski definition) is 4. The second-order valence-electron chi connectivity index (χ2n) is 14.0. The topological polar surface area (TPSA) is 100 Å². The SMILES string of the molecule is CC(C)(O)C(=O)N[C@]12C[C@@H]3C[C@H](C1)[C@@H](NC(=O)c1ccc(Cc4cn(-c5ccccc5)c5cc(Cl)ccc5c4=O)cc1)[C@@H](C3)C2. The molecule has 8 rings (SSSR count). The molecule has 3 N–H and O–H groups in total. The molecule has 45 heavy (non-hydrogen) atoms. The molecule has 0 unspecified atom stereocenters. The molecule has 1 aromatic heterocycles. The van der Waals surface area contributed by atoms with Gasteiger partial charge in [-0.3, -0.25) is 14.4 Å². The number of hydrogen-bond donors (Lipinski definition) is 3. The number of amides is 2. The minimum atomic E-state index is -1.41. The van der Waals surface area contributed by atoms with Crippen molar-refractivity contribution in [3.63, 3.8) is 0 Å². The van der Waals surface area contributed by atoms with E-state index in [9.17, 15) is 19.5 Å². The monoisotopic (exact) mass is 623 g/mol. The number of rotatable bonds is 7. The lowest BCUT2D eigenvalue weighted by atomic mass is 9.51. The minimum Gasteiger partial charge on any atom is -0.381 e. The molecule has 8 heteroatoms. The maximum Gasteiger partial charge on any atom is 0.251 e. The summed E-state index contributed by atoms with van der Waals surface area (Å²) in [6.07, 6.45) is 7.02. The Morgan fingerprint density at radius 1 is 0.978 bits per heavy atom. The smallest absolute Gasteiger partial charge is 0.251 e. The molecule has 2 amide bonds. The van der Waals surface area contributed by atoms with E-state index in [0.29, 0.717) is 45.7 Å². The van der Waals surface area contributed by atoms with Crippen LogP contribution in [0.1, 0.15) is 67.4 Å². The molecule has 3 aromatic carbocycles. The first-order valence-electron chi connectivity index (χ1n) is 15.8. The largest absolute Gasteiger partial charge is 0.381 e. The number of aromatic nitrogens is 1. The van der Waals surface area contributed by atoms with Crippen LogP contribution in [-0.4, -0.2) is 38.7 Å². The zero-order valence-corrected chi connectivity index (χ0v) is 26.3. The number of nitrogens with one attached hydrogen (secondary N) is 2. The van der Waals surface area contributed by atoms with Gasteiger partial charge in [0.1, 0.15) is 5.60 Å². The number of para-hydroxylation sites is 1. The number of carbonyl (C=O) groups excluding carboxylic acids is 2. The van der Waals surface area contributed by atoms with Crippen molar-refractivity contribution in [3.8, 4) is 5.69 Å². The Hall–Kier alpha value is -3.94. The first-order valence-corrected chi connectivity index (χ1v) is 16.2. The van der Waals surface area contributed by atoms with E-state index in [1.54, 1.807) is 12.1 Å². The van der Waals surface area contributed by atoms with Crippen molar-refractivity contribution in [2.75, 3.05) is 0 Å². The summed E-state index contributed by atoms with van der Waals surface area (Å²) < 4.78 is 2.00. The Balaban J connectivity index is 1.07. The van der Waals surface area contributed by atoms with E-state index in [0.717, 1.165) is 48.9 Å². The Morgan fingerprint density at radius 3 is 2.33 bits per heavy atom. The van der Waals surface area contributed by atoms with Gasteiger partial charge in [0.15, 0.2) is 5.43 Å². The molecule has 0 spiro atoms. The van der Waals surface area contributed by atoms with Crippen molar-refractivity contribution in [2.24, 2.45) is 17.8 Å². The first-order chi connectivity index (χ1) is 21.5. The van der Waals surface area contributed by atoms with Gasteiger partial charge >= 0.3 is 0 Å². The van der Waals surface area contributed by atoms with E-state index < -0.39 is 5.60 Å². The highest BCUT2D eigenvalue weighted by atomic mass is 35.5. The molecule has 1 heterocycles. The van der Waals surface area contributed by atoms with Gasteiger partial charge in [-0.05, 0) is 112 Å². The van der Waals surface area contributed by atoms with Gasteiger partial charge in [-0.15, -0.1) is 0 Å². The lowest BCUT2D eigenvalue weighted by molar-refractivity contribution is -0.143. The van der Waals surface area contributed by atoms with Crippen LogP contribution in [0.4, 0.5) is 0 Å². The standard InChI is InChI=1S/C37H38ClN3O4/c1-36(2,45)35(44)40-37-18-23-15-25(19-37)32(26(16-23)20-37)39-34(43)24-10-8-22(9-11-24)14-27-21-41(29-6-4-3-5-7-29)31-17-28(38)12-13-30(31)33(27)42/h3-13,17,21,23,25-26,32,45H,14-16,18-20H2,1-2H3,(H,39,43)(H,40,44)/t23-,25-,26+,32-,37-. The third-order valence-electron chi connectivity index (χ3n) is 10.2. The van der Waals surface area contributed by atoms with Crippen molar-refractivity contribution < 1.29 is 14.7 Å². The van der Waals surface area contributed by atoms with Crippen LogP contribution in [0.2, 0.25) is 5.02 Å². The van der Waals surface area contributed by atoms with Crippen molar-refractivity contribution in [1.29, 1.82) is 0 Å². The zero-order chi connectivity index (χ0) is 31.5. The second-order valence-corrected chi connectivity index (χ2v) is 14.4. The van der Waals surface area contributed by atoms with Crippen molar-refractivity contribution in [1.82, 2.24) is 15.2 Å². The Morgan fingerprint density at radius 2 is 1.67 bits per heavy atom. The predicted molar refractivity (Wildman–Crippen MR) is 176 cm³/mol. The van der Waals surface area contributed by atoms with Gasteiger partial charge in [-0.25, -0.2) is 0 Å². The van der Waals surface area contributed by atoms with E-state index >= 15 is 0 Å². The third kappa shape index (κ3) is 5.68. The van der Waals surface area contributed by atoms with Crippen LogP contribution in [-0.2, 0) is 11.2 Å². The number of pyridine rings is 1. The average molecular weight is 624 g/mol. The van der Waals surface area contributed by atoms with Gasteiger partial charge in [0.25, 0.3) is 11.8 Å². The summed E-state index contributed by atoms with van der Waals surface area (Å²) in [5, 5.41) is 17.9. The third-order valence-corrected chi connectivity index (χ3v) is 10.4. The summed E-state index contributed by atoms with van der Waals surface area (Å²) in [5.41, 5.74) is 2.15.